The fourth-order valence-electron chi connectivity index (χ4n) is 3.30. The van der Waals surface area contributed by atoms with Crippen molar-refractivity contribution < 1.29 is 14.3 Å². The molecule has 1 atom stereocenters. The van der Waals surface area contributed by atoms with Crippen molar-refractivity contribution in [1.29, 1.82) is 0 Å². The summed E-state index contributed by atoms with van der Waals surface area (Å²) in [6.45, 7) is 12.8. The number of amides is 2. The summed E-state index contributed by atoms with van der Waals surface area (Å²) in [4.78, 5) is 28.8. The first-order valence-electron chi connectivity index (χ1n) is 9.92. The standard InChI is InChI=1S/C21H32ClN3O3/c1-14(2)13-28-21(27)25-8-6-7-24(9-10-25)17(5)20(26)23-19-16(4)11-15(3)12-18(19)22/h11-12,14,17H,6-10,13H2,1-5H3,(H,23,26). The normalized spacial score (nSPS) is 16.6. The van der Waals surface area contributed by atoms with Gasteiger partial charge >= 0.3 is 6.09 Å². The monoisotopic (exact) mass is 409 g/mol. The van der Waals surface area contributed by atoms with Crippen LogP contribution in [0.4, 0.5) is 10.5 Å². The Morgan fingerprint density at radius 1 is 1.14 bits per heavy atom. The molecule has 1 aliphatic rings. The molecule has 0 bridgehead atoms. The predicted octanol–water partition coefficient (Wildman–Crippen LogP) is 4.08. The highest BCUT2D eigenvalue weighted by molar-refractivity contribution is 6.34. The molecule has 1 heterocycles. The first-order valence-corrected chi connectivity index (χ1v) is 10.3. The van der Waals surface area contributed by atoms with E-state index in [0.717, 1.165) is 24.1 Å². The fourth-order valence-corrected chi connectivity index (χ4v) is 3.67. The van der Waals surface area contributed by atoms with Gasteiger partial charge in [0.05, 0.1) is 23.4 Å². The van der Waals surface area contributed by atoms with Gasteiger partial charge in [0.15, 0.2) is 0 Å². The smallest absolute Gasteiger partial charge is 0.409 e. The topological polar surface area (TPSA) is 61.9 Å². The lowest BCUT2D eigenvalue weighted by Crippen LogP contribution is -2.44. The average molecular weight is 410 g/mol. The average Bonchev–Trinajstić information content (AvgIpc) is 2.88. The van der Waals surface area contributed by atoms with Crippen molar-refractivity contribution in [3.8, 4) is 0 Å². The van der Waals surface area contributed by atoms with E-state index < -0.39 is 0 Å². The number of halogens is 1. The van der Waals surface area contributed by atoms with Gasteiger partial charge in [-0.1, -0.05) is 31.5 Å². The number of hydrogen-bond donors (Lipinski definition) is 1. The van der Waals surface area contributed by atoms with E-state index in [0.29, 0.717) is 42.9 Å². The summed E-state index contributed by atoms with van der Waals surface area (Å²) in [5.41, 5.74) is 2.67. The van der Waals surface area contributed by atoms with Crippen molar-refractivity contribution in [2.45, 2.75) is 47.1 Å². The Hall–Kier alpha value is -1.79. The number of carbonyl (C=O) groups excluding carboxylic acids is 2. The number of rotatable bonds is 5. The zero-order chi connectivity index (χ0) is 20.8. The summed E-state index contributed by atoms with van der Waals surface area (Å²) >= 11 is 6.31. The molecular formula is C21H32ClN3O3. The Morgan fingerprint density at radius 2 is 1.86 bits per heavy atom. The highest BCUT2D eigenvalue weighted by Crippen LogP contribution is 2.27. The van der Waals surface area contributed by atoms with E-state index in [-0.39, 0.29) is 18.0 Å². The third-order valence-corrected chi connectivity index (χ3v) is 5.23. The Morgan fingerprint density at radius 3 is 2.50 bits per heavy atom. The summed E-state index contributed by atoms with van der Waals surface area (Å²) in [7, 11) is 0. The zero-order valence-corrected chi connectivity index (χ0v) is 18.3. The fraction of sp³-hybridized carbons (Fsp3) is 0.619. The number of carbonyl (C=O) groups is 2. The lowest BCUT2D eigenvalue weighted by atomic mass is 10.1. The van der Waals surface area contributed by atoms with E-state index >= 15 is 0 Å². The van der Waals surface area contributed by atoms with Crippen molar-refractivity contribution in [2.75, 3.05) is 38.1 Å². The quantitative estimate of drug-likeness (QED) is 0.795. The molecule has 1 saturated heterocycles. The number of nitrogens with zero attached hydrogens (tertiary/aromatic N) is 2. The number of aryl methyl sites for hydroxylation is 2. The Balaban J connectivity index is 1.94. The lowest BCUT2D eigenvalue weighted by Gasteiger charge is -2.27. The van der Waals surface area contributed by atoms with E-state index in [9.17, 15) is 9.59 Å². The maximum absolute atomic E-state index is 12.8. The number of anilines is 1. The number of nitrogens with one attached hydrogen (secondary N) is 1. The second-order valence-electron chi connectivity index (χ2n) is 7.95. The van der Waals surface area contributed by atoms with E-state index in [2.05, 4.69) is 10.2 Å². The van der Waals surface area contributed by atoms with Gasteiger partial charge in [-0.05, 0) is 50.3 Å². The molecule has 156 valence electrons. The van der Waals surface area contributed by atoms with Crippen molar-refractivity contribution >= 4 is 29.3 Å². The van der Waals surface area contributed by atoms with Crippen LogP contribution >= 0.6 is 11.6 Å². The van der Waals surface area contributed by atoms with E-state index in [1.54, 1.807) is 4.90 Å². The second kappa shape index (κ2) is 10.1. The van der Waals surface area contributed by atoms with Crippen LogP contribution in [0.15, 0.2) is 12.1 Å². The molecule has 1 fully saturated rings. The molecule has 0 aromatic heterocycles. The molecular weight excluding hydrogens is 378 g/mol. The zero-order valence-electron chi connectivity index (χ0n) is 17.5. The molecule has 1 aromatic rings. The summed E-state index contributed by atoms with van der Waals surface area (Å²) in [5.74, 6) is 0.220. The molecule has 7 heteroatoms. The molecule has 0 radical (unpaired) electrons. The minimum absolute atomic E-state index is 0.0929. The molecule has 2 amide bonds. The third kappa shape index (κ3) is 6.11. The van der Waals surface area contributed by atoms with Crippen LogP contribution in [0.3, 0.4) is 0 Å². The Kier molecular flexibility index (Phi) is 8.13. The molecule has 0 spiro atoms. The number of ether oxygens (including phenoxy) is 1. The largest absolute Gasteiger partial charge is 0.449 e. The van der Waals surface area contributed by atoms with Gasteiger partial charge in [-0.3, -0.25) is 9.69 Å². The second-order valence-corrected chi connectivity index (χ2v) is 8.36. The third-order valence-electron chi connectivity index (χ3n) is 4.94. The Bertz CT molecular complexity index is 685. The van der Waals surface area contributed by atoms with Crippen molar-refractivity contribution in [1.82, 2.24) is 9.80 Å². The molecule has 1 aliphatic heterocycles. The molecule has 0 aliphatic carbocycles. The molecule has 6 nitrogen and oxygen atoms in total. The first-order chi connectivity index (χ1) is 13.2. The molecule has 1 N–H and O–H groups in total. The van der Waals surface area contributed by atoms with Crippen LogP contribution in [0.5, 0.6) is 0 Å². The molecule has 0 saturated carbocycles. The molecule has 28 heavy (non-hydrogen) atoms. The van der Waals surface area contributed by atoms with Crippen LogP contribution in [0, 0.1) is 19.8 Å². The molecule has 1 unspecified atom stereocenters. The van der Waals surface area contributed by atoms with Gasteiger partial charge < -0.3 is 15.0 Å². The minimum atomic E-state index is -0.316. The van der Waals surface area contributed by atoms with Gasteiger partial charge in [-0.25, -0.2) is 4.79 Å². The van der Waals surface area contributed by atoms with Crippen LogP contribution in [0.2, 0.25) is 5.02 Å². The van der Waals surface area contributed by atoms with Crippen molar-refractivity contribution in [2.24, 2.45) is 5.92 Å². The summed E-state index contributed by atoms with van der Waals surface area (Å²) in [6, 6.07) is 3.53. The lowest BCUT2D eigenvalue weighted by molar-refractivity contribution is -0.120. The highest BCUT2D eigenvalue weighted by Gasteiger charge is 2.27. The minimum Gasteiger partial charge on any atom is -0.449 e. The van der Waals surface area contributed by atoms with Gasteiger partial charge in [0, 0.05) is 26.2 Å². The number of benzene rings is 1. The number of hydrogen-bond acceptors (Lipinski definition) is 4. The van der Waals surface area contributed by atoms with Crippen molar-refractivity contribution in [3.63, 3.8) is 0 Å². The van der Waals surface area contributed by atoms with E-state index in [4.69, 9.17) is 16.3 Å². The summed E-state index contributed by atoms with van der Waals surface area (Å²) in [5, 5.41) is 3.52. The van der Waals surface area contributed by atoms with Gasteiger partial charge in [0.1, 0.15) is 0 Å². The van der Waals surface area contributed by atoms with Crippen LogP contribution in [-0.2, 0) is 9.53 Å². The van der Waals surface area contributed by atoms with Gasteiger partial charge in [0.25, 0.3) is 0 Å². The van der Waals surface area contributed by atoms with Crippen LogP contribution < -0.4 is 5.32 Å². The van der Waals surface area contributed by atoms with E-state index in [1.807, 2.05) is 46.8 Å². The maximum Gasteiger partial charge on any atom is 0.409 e. The maximum atomic E-state index is 12.8. The summed E-state index contributed by atoms with van der Waals surface area (Å²) in [6.07, 6.45) is 0.535. The SMILES string of the molecule is Cc1cc(C)c(NC(=O)C(C)N2CCCN(C(=O)OCC(C)C)CC2)c(Cl)c1. The van der Waals surface area contributed by atoms with Gasteiger partial charge in [-0.15, -0.1) is 0 Å². The van der Waals surface area contributed by atoms with Gasteiger partial charge in [0.2, 0.25) is 5.91 Å². The van der Waals surface area contributed by atoms with Crippen LogP contribution in [0.1, 0.15) is 38.3 Å². The summed E-state index contributed by atoms with van der Waals surface area (Å²) < 4.78 is 5.33. The van der Waals surface area contributed by atoms with Gasteiger partial charge in [-0.2, -0.15) is 0 Å². The first kappa shape index (κ1) is 22.5. The van der Waals surface area contributed by atoms with Crippen LogP contribution in [0.25, 0.3) is 0 Å². The van der Waals surface area contributed by atoms with E-state index in [1.165, 1.54) is 0 Å². The predicted molar refractivity (Wildman–Crippen MR) is 113 cm³/mol. The molecule has 2 rings (SSSR count). The molecule has 1 aromatic carbocycles. The Labute approximate surface area is 173 Å². The highest BCUT2D eigenvalue weighted by atomic mass is 35.5. The van der Waals surface area contributed by atoms with Crippen LogP contribution in [-0.4, -0.2) is 60.6 Å². The van der Waals surface area contributed by atoms with Crippen molar-refractivity contribution in [3.05, 3.63) is 28.3 Å².